The van der Waals surface area contributed by atoms with Crippen LogP contribution in [0.5, 0.6) is 0 Å². The van der Waals surface area contributed by atoms with Crippen molar-refractivity contribution >= 4 is 17.3 Å². The molecule has 5 heteroatoms. The van der Waals surface area contributed by atoms with Gasteiger partial charge in [-0.1, -0.05) is 12.8 Å². The van der Waals surface area contributed by atoms with Crippen molar-refractivity contribution in [1.29, 1.82) is 0 Å². The van der Waals surface area contributed by atoms with Crippen LogP contribution in [-0.2, 0) is 4.79 Å². The molecule has 4 N–H and O–H groups in total. The zero-order valence-corrected chi connectivity index (χ0v) is 11.8. The standard InChI is InChI=1S/C15H22FN3O/c1-10(20)18-15-8-12(6-7-13(15)16)19-14-5-3-2-4-11(14)9-17/h6-8,11,14,19H,2-5,9,17H2,1H3,(H,18,20). The quantitative estimate of drug-likeness (QED) is 0.794. The van der Waals surface area contributed by atoms with Gasteiger partial charge in [-0.25, -0.2) is 4.39 Å². The van der Waals surface area contributed by atoms with E-state index in [1.54, 1.807) is 12.1 Å². The van der Waals surface area contributed by atoms with E-state index >= 15 is 0 Å². The van der Waals surface area contributed by atoms with Crippen LogP contribution in [0.25, 0.3) is 0 Å². The van der Waals surface area contributed by atoms with Gasteiger partial charge in [0.25, 0.3) is 0 Å². The summed E-state index contributed by atoms with van der Waals surface area (Å²) in [5.41, 5.74) is 6.84. The van der Waals surface area contributed by atoms with Crippen molar-refractivity contribution in [2.75, 3.05) is 17.2 Å². The Morgan fingerprint density at radius 2 is 2.15 bits per heavy atom. The van der Waals surface area contributed by atoms with Gasteiger partial charge in [0.1, 0.15) is 5.82 Å². The number of benzene rings is 1. The smallest absolute Gasteiger partial charge is 0.221 e. The molecule has 0 radical (unpaired) electrons. The van der Waals surface area contributed by atoms with Gasteiger partial charge in [-0.05, 0) is 43.5 Å². The second-order valence-electron chi connectivity index (χ2n) is 5.41. The molecule has 0 aromatic heterocycles. The van der Waals surface area contributed by atoms with Crippen molar-refractivity contribution in [2.45, 2.75) is 38.6 Å². The number of amides is 1. The van der Waals surface area contributed by atoms with Crippen LogP contribution in [0.15, 0.2) is 18.2 Å². The van der Waals surface area contributed by atoms with Crippen LogP contribution in [0, 0.1) is 11.7 Å². The molecule has 0 spiro atoms. The molecule has 2 atom stereocenters. The third-order valence-corrected chi connectivity index (χ3v) is 3.84. The van der Waals surface area contributed by atoms with Gasteiger partial charge in [0, 0.05) is 18.7 Å². The fraction of sp³-hybridized carbons (Fsp3) is 0.533. The fourth-order valence-corrected chi connectivity index (χ4v) is 2.79. The molecule has 2 unspecified atom stereocenters. The maximum absolute atomic E-state index is 13.6. The minimum absolute atomic E-state index is 0.211. The lowest BCUT2D eigenvalue weighted by atomic mass is 9.84. The molecule has 1 aromatic rings. The highest BCUT2D eigenvalue weighted by Gasteiger charge is 2.23. The monoisotopic (exact) mass is 279 g/mol. The average molecular weight is 279 g/mol. The van der Waals surface area contributed by atoms with E-state index in [0.29, 0.717) is 18.5 Å². The second-order valence-corrected chi connectivity index (χ2v) is 5.41. The molecule has 4 nitrogen and oxygen atoms in total. The van der Waals surface area contributed by atoms with Gasteiger partial charge in [0.2, 0.25) is 5.91 Å². The highest BCUT2D eigenvalue weighted by Crippen LogP contribution is 2.28. The van der Waals surface area contributed by atoms with Crippen LogP contribution in [-0.4, -0.2) is 18.5 Å². The van der Waals surface area contributed by atoms with E-state index in [1.807, 2.05) is 0 Å². The predicted octanol–water partition coefficient (Wildman–Crippen LogP) is 2.71. The van der Waals surface area contributed by atoms with Gasteiger partial charge < -0.3 is 16.4 Å². The van der Waals surface area contributed by atoms with E-state index in [0.717, 1.165) is 18.5 Å². The first-order valence-electron chi connectivity index (χ1n) is 7.14. The van der Waals surface area contributed by atoms with Crippen molar-refractivity contribution in [2.24, 2.45) is 11.7 Å². The summed E-state index contributed by atoms with van der Waals surface area (Å²) < 4.78 is 13.6. The maximum atomic E-state index is 13.6. The molecule has 0 heterocycles. The van der Waals surface area contributed by atoms with E-state index in [1.165, 1.54) is 25.8 Å². The lowest BCUT2D eigenvalue weighted by Crippen LogP contribution is -2.36. The molecule has 1 fully saturated rings. The number of carbonyl (C=O) groups excluding carboxylic acids is 1. The summed E-state index contributed by atoms with van der Waals surface area (Å²) in [6, 6.07) is 5.03. The normalized spacial score (nSPS) is 22.4. The number of nitrogens with one attached hydrogen (secondary N) is 2. The summed E-state index contributed by atoms with van der Waals surface area (Å²) in [6.45, 7) is 2.03. The molecule has 1 saturated carbocycles. The number of rotatable bonds is 4. The van der Waals surface area contributed by atoms with Gasteiger partial charge in [0.15, 0.2) is 0 Å². The van der Waals surface area contributed by atoms with Crippen molar-refractivity contribution in [3.63, 3.8) is 0 Å². The van der Waals surface area contributed by atoms with E-state index in [4.69, 9.17) is 5.73 Å². The summed E-state index contributed by atoms with van der Waals surface area (Å²) in [5.74, 6) is -0.249. The van der Waals surface area contributed by atoms with Crippen LogP contribution in [0.3, 0.4) is 0 Å². The number of anilines is 2. The topological polar surface area (TPSA) is 67.2 Å². The number of nitrogens with two attached hydrogens (primary N) is 1. The van der Waals surface area contributed by atoms with Crippen LogP contribution in [0.4, 0.5) is 15.8 Å². The van der Waals surface area contributed by atoms with Gasteiger partial charge in [-0.3, -0.25) is 4.79 Å². The van der Waals surface area contributed by atoms with Crippen LogP contribution in [0.2, 0.25) is 0 Å². The van der Waals surface area contributed by atoms with Gasteiger partial charge in [-0.15, -0.1) is 0 Å². The Labute approximate surface area is 118 Å². The highest BCUT2D eigenvalue weighted by atomic mass is 19.1. The molecule has 0 saturated heterocycles. The molecule has 20 heavy (non-hydrogen) atoms. The third-order valence-electron chi connectivity index (χ3n) is 3.84. The Bertz CT molecular complexity index is 478. The number of carbonyl (C=O) groups is 1. The molecule has 1 aromatic carbocycles. The van der Waals surface area contributed by atoms with Crippen LogP contribution in [0.1, 0.15) is 32.6 Å². The molecule has 2 rings (SSSR count). The Hall–Kier alpha value is -1.62. The lowest BCUT2D eigenvalue weighted by molar-refractivity contribution is -0.114. The van der Waals surface area contributed by atoms with Gasteiger partial charge in [0.05, 0.1) is 5.69 Å². The number of halogens is 1. The van der Waals surface area contributed by atoms with E-state index in [2.05, 4.69) is 10.6 Å². The minimum atomic E-state index is -0.426. The average Bonchev–Trinajstić information content (AvgIpc) is 2.42. The second kappa shape index (κ2) is 6.70. The zero-order chi connectivity index (χ0) is 14.5. The van der Waals surface area contributed by atoms with E-state index < -0.39 is 5.82 Å². The van der Waals surface area contributed by atoms with Crippen molar-refractivity contribution in [3.05, 3.63) is 24.0 Å². The van der Waals surface area contributed by atoms with Crippen molar-refractivity contribution in [1.82, 2.24) is 0 Å². The Kier molecular flexibility index (Phi) is 4.95. The summed E-state index contributed by atoms with van der Waals surface area (Å²) >= 11 is 0. The van der Waals surface area contributed by atoms with Crippen LogP contribution >= 0.6 is 0 Å². The Morgan fingerprint density at radius 3 is 2.85 bits per heavy atom. The van der Waals surface area contributed by atoms with Crippen molar-refractivity contribution < 1.29 is 9.18 Å². The van der Waals surface area contributed by atoms with Crippen molar-refractivity contribution in [3.8, 4) is 0 Å². The summed E-state index contributed by atoms with van der Waals surface area (Å²) in [7, 11) is 0. The lowest BCUT2D eigenvalue weighted by Gasteiger charge is -2.32. The highest BCUT2D eigenvalue weighted by molar-refractivity contribution is 5.89. The Balaban J connectivity index is 2.10. The van der Waals surface area contributed by atoms with Crippen LogP contribution < -0.4 is 16.4 Å². The molecule has 1 amide bonds. The third kappa shape index (κ3) is 3.70. The van der Waals surface area contributed by atoms with E-state index in [9.17, 15) is 9.18 Å². The summed E-state index contributed by atoms with van der Waals surface area (Å²) in [5, 5.41) is 5.92. The van der Waals surface area contributed by atoms with Gasteiger partial charge in [-0.2, -0.15) is 0 Å². The number of hydrogen-bond acceptors (Lipinski definition) is 3. The first-order valence-corrected chi connectivity index (χ1v) is 7.14. The molecule has 1 aliphatic carbocycles. The molecule has 1 aliphatic rings. The zero-order valence-electron chi connectivity index (χ0n) is 11.8. The minimum Gasteiger partial charge on any atom is -0.382 e. The van der Waals surface area contributed by atoms with Gasteiger partial charge >= 0.3 is 0 Å². The largest absolute Gasteiger partial charge is 0.382 e. The SMILES string of the molecule is CC(=O)Nc1cc(NC2CCCCC2CN)ccc1F. The molecular weight excluding hydrogens is 257 g/mol. The first-order chi connectivity index (χ1) is 9.60. The Morgan fingerprint density at radius 1 is 1.40 bits per heavy atom. The first kappa shape index (κ1) is 14.8. The molecular formula is C15H22FN3O. The number of hydrogen-bond donors (Lipinski definition) is 3. The summed E-state index contributed by atoms with van der Waals surface area (Å²) in [6.07, 6.45) is 4.62. The molecule has 0 bridgehead atoms. The molecule has 110 valence electrons. The predicted molar refractivity (Wildman–Crippen MR) is 79.1 cm³/mol. The van der Waals surface area contributed by atoms with E-state index in [-0.39, 0.29) is 11.6 Å². The maximum Gasteiger partial charge on any atom is 0.221 e. The summed E-state index contributed by atoms with van der Waals surface area (Å²) in [4.78, 5) is 11.1. The molecule has 0 aliphatic heterocycles. The fourth-order valence-electron chi connectivity index (χ4n) is 2.79.